The lowest BCUT2D eigenvalue weighted by Gasteiger charge is -2.19. The molecule has 0 saturated heterocycles. The third-order valence-corrected chi connectivity index (χ3v) is 3.99. The van der Waals surface area contributed by atoms with Gasteiger partial charge in [-0.2, -0.15) is 0 Å². The van der Waals surface area contributed by atoms with Crippen LogP contribution in [0.2, 0.25) is 0 Å². The molecule has 0 aromatic heterocycles. The third-order valence-electron chi connectivity index (χ3n) is 3.99. The first-order chi connectivity index (χ1) is 9.56. The minimum atomic E-state index is 0.500. The number of hydrogen-bond acceptors (Lipinski definition) is 2. The minimum Gasteiger partial charge on any atom is -0.370 e. The fraction of sp³-hybridized carbons (Fsp3) is 0.562. The van der Waals surface area contributed by atoms with E-state index >= 15 is 0 Å². The van der Waals surface area contributed by atoms with E-state index in [4.69, 9.17) is 5.73 Å². The van der Waals surface area contributed by atoms with E-state index in [0.29, 0.717) is 12.0 Å². The van der Waals surface area contributed by atoms with Gasteiger partial charge in [-0.15, -0.1) is 0 Å². The first kappa shape index (κ1) is 14.9. The van der Waals surface area contributed by atoms with E-state index in [1.54, 1.807) is 0 Å². The fourth-order valence-corrected chi connectivity index (χ4v) is 2.42. The lowest BCUT2D eigenvalue weighted by molar-refractivity contribution is 0.282. The van der Waals surface area contributed by atoms with Crippen LogP contribution < -0.4 is 11.1 Å². The Morgan fingerprint density at radius 3 is 2.85 bits per heavy atom. The van der Waals surface area contributed by atoms with Crippen LogP contribution in [-0.4, -0.2) is 37.0 Å². The summed E-state index contributed by atoms with van der Waals surface area (Å²) in [5.41, 5.74) is 9.90. The highest BCUT2D eigenvalue weighted by atomic mass is 15.1. The molecule has 2 rings (SSSR count). The van der Waals surface area contributed by atoms with Crippen LogP contribution in [0.25, 0.3) is 0 Å². The largest absolute Gasteiger partial charge is 0.370 e. The number of likely N-dealkylation sites (N-methyl/N-ethyl adjacent to an activating group) is 1. The Labute approximate surface area is 122 Å². The number of anilines is 1. The number of aliphatic imine (C=N–C) groups is 1. The van der Waals surface area contributed by atoms with Crippen molar-refractivity contribution in [3.05, 3.63) is 29.3 Å². The van der Waals surface area contributed by atoms with Gasteiger partial charge < -0.3 is 16.0 Å². The van der Waals surface area contributed by atoms with Crippen LogP contribution in [0.4, 0.5) is 5.69 Å². The molecule has 110 valence electrons. The van der Waals surface area contributed by atoms with Gasteiger partial charge in [0.1, 0.15) is 0 Å². The zero-order valence-electron chi connectivity index (χ0n) is 12.8. The van der Waals surface area contributed by atoms with Gasteiger partial charge >= 0.3 is 0 Å². The summed E-state index contributed by atoms with van der Waals surface area (Å²) in [5, 5.41) is 3.18. The van der Waals surface area contributed by atoms with Crippen molar-refractivity contribution in [2.75, 3.05) is 25.5 Å². The molecule has 1 aliphatic carbocycles. The number of nitrogens with zero attached hydrogens (tertiary/aromatic N) is 2. The molecule has 0 bridgehead atoms. The van der Waals surface area contributed by atoms with Crippen molar-refractivity contribution in [2.24, 2.45) is 10.7 Å². The Balaban J connectivity index is 1.86. The number of guanidine groups is 1. The molecule has 4 heteroatoms. The lowest BCUT2D eigenvalue weighted by atomic mass is 10.1. The topological polar surface area (TPSA) is 53.6 Å². The summed E-state index contributed by atoms with van der Waals surface area (Å²) in [5.74, 6) is 0.500. The number of nitrogens with one attached hydrogen (secondary N) is 1. The maximum Gasteiger partial charge on any atom is 0.193 e. The smallest absolute Gasteiger partial charge is 0.193 e. The van der Waals surface area contributed by atoms with Crippen molar-refractivity contribution < 1.29 is 0 Å². The number of nitrogens with two attached hydrogens (primary N) is 1. The molecule has 1 aromatic rings. The van der Waals surface area contributed by atoms with E-state index in [1.165, 1.54) is 30.4 Å². The molecule has 0 atom stereocenters. The van der Waals surface area contributed by atoms with Gasteiger partial charge in [0.2, 0.25) is 0 Å². The number of benzene rings is 1. The molecule has 0 unspecified atom stereocenters. The van der Waals surface area contributed by atoms with Gasteiger partial charge in [-0.25, -0.2) is 0 Å². The van der Waals surface area contributed by atoms with Gasteiger partial charge in [0.15, 0.2) is 5.96 Å². The first-order valence-electron chi connectivity index (χ1n) is 7.45. The summed E-state index contributed by atoms with van der Waals surface area (Å²) < 4.78 is 0. The molecule has 0 amide bonds. The molecule has 0 radical (unpaired) electrons. The number of fused-ring (bicyclic) bond motifs is 1. The van der Waals surface area contributed by atoms with Crippen molar-refractivity contribution in [3.8, 4) is 0 Å². The van der Waals surface area contributed by atoms with Gasteiger partial charge in [0.25, 0.3) is 0 Å². The Morgan fingerprint density at radius 1 is 1.35 bits per heavy atom. The number of aryl methyl sites for hydroxylation is 2. The second-order valence-corrected chi connectivity index (χ2v) is 5.80. The van der Waals surface area contributed by atoms with E-state index in [9.17, 15) is 0 Å². The van der Waals surface area contributed by atoms with Gasteiger partial charge in [-0.1, -0.05) is 6.07 Å². The molecular weight excluding hydrogens is 248 g/mol. The highest BCUT2D eigenvalue weighted by Crippen LogP contribution is 2.24. The monoisotopic (exact) mass is 274 g/mol. The highest BCUT2D eigenvalue weighted by molar-refractivity contribution is 5.92. The molecule has 0 saturated carbocycles. The van der Waals surface area contributed by atoms with Gasteiger partial charge in [-0.05, 0) is 63.4 Å². The summed E-state index contributed by atoms with van der Waals surface area (Å²) in [6.45, 7) is 5.99. The number of hydrogen-bond donors (Lipinski definition) is 2. The Hall–Kier alpha value is -1.55. The minimum absolute atomic E-state index is 0.500. The Kier molecular flexibility index (Phi) is 5.01. The normalized spacial score (nSPS) is 14.9. The standard InChI is InChI=1S/C16H26N4/c1-12(2)20(3)10-9-18-16(17)19-15-8-7-13-5-4-6-14(13)11-15/h7-8,11-12H,4-6,9-10H2,1-3H3,(H3,17,18,19). The van der Waals surface area contributed by atoms with Gasteiger partial charge in [0, 0.05) is 18.3 Å². The quantitative estimate of drug-likeness (QED) is 0.639. The highest BCUT2D eigenvalue weighted by Gasteiger charge is 2.10. The van der Waals surface area contributed by atoms with Gasteiger partial charge in [0.05, 0.1) is 6.54 Å². The van der Waals surface area contributed by atoms with E-state index in [-0.39, 0.29) is 0 Å². The zero-order valence-corrected chi connectivity index (χ0v) is 12.8. The SMILES string of the molecule is CC(C)N(C)CCN=C(N)Nc1ccc2c(c1)CCC2. The van der Waals surface area contributed by atoms with Crippen molar-refractivity contribution in [3.63, 3.8) is 0 Å². The van der Waals surface area contributed by atoms with Crippen molar-refractivity contribution in [2.45, 2.75) is 39.2 Å². The summed E-state index contributed by atoms with van der Waals surface area (Å²) >= 11 is 0. The lowest BCUT2D eigenvalue weighted by Crippen LogP contribution is -2.30. The second kappa shape index (κ2) is 6.75. The molecule has 0 heterocycles. The molecule has 3 N–H and O–H groups in total. The molecule has 1 aromatic carbocycles. The van der Waals surface area contributed by atoms with Crippen LogP contribution >= 0.6 is 0 Å². The summed E-state index contributed by atoms with van der Waals surface area (Å²) in [4.78, 5) is 6.63. The fourth-order valence-electron chi connectivity index (χ4n) is 2.42. The van der Waals surface area contributed by atoms with E-state index in [1.807, 2.05) is 0 Å². The van der Waals surface area contributed by atoms with Crippen LogP contribution in [-0.2, 0) is 12.8 Å². The molecular formula is C16H26N4. The predicted octanol–water partition coefficient (Wildman–Crippen LogP) is 2.24. The molecule has 20 heavy (non-hydrogen) atoms. The average Bonchev–Trinajstić information content (AvgIpc) is 2.85. The molecule has 0 aliphatic heterocycles. The molecule has 4 nitrogen and oxygen atoms in total. The first-order valence-corrected chi connectivity index (χ1v) is 7.45. The van der Waals surface area contributed by atoms with Crippen LogP contribution in [0.5, 0.6) is 0 Å². The zero-order chi connectivity index (χ0) is 14.5. The van der Waals surface area contributed by atoms with Crippen LogP contribution in [0.1, 0.15) is 31.4 Å². The average molecular weight is 274 g/mol. The predicted molar refractivity (Wildman–Crippen MR) is 86.3 cm³/mol. The van der Waals surface area contributed by atoms with Crippen LogP contribution in [0.15, 0.2) is 23.2 Å². The van der Waals surface area contributed by atoms with Crippen LogP contribution in [0, 0.1) is 0 Å². The molecule has 1 aliphatic rings. The molecule has 0 spiro atoms. The van der Waals surface area contributed by atoms with E-state index < -0.39 is 0 Å². The number of rotatable bonds is 5. The van der Waals surface area contributed by atoms with Crippen LogP contribution in [0.3, 0.4) is 0 Å². The van der Waals surface area contributed by atoms with E-state index in [2.05, 4.69) is 54.3 Å². The van der Waals surface area contributed by atoms with E-state index in [0.717, 1.165) is 18.8 Å². The van der Waals surface area contributed by atoms with Crippen molar-refractivity contribution in [1.82, 2.24) is 4.90 Å². The van der Waals surface area contributed by atoms with Gasteiger partial charge in [-0.3, -0.25) is 4.99 Å². The summed E-state index contributed by atoms with van der Waals surface area (Å²) in [6, 6.07) is 7.03. The summed E-state index contributed by atoms with van der Waals surface area (Å²) in [6.07, 6.45) is 3.66. The second-order valence-electron chi connectivity index (χ2n) is 5.80. The maximum absolute atomic E-state index is 5.93. The third kappa shape index (κ3) is 3.97. The Bertz CT molecular complexity index is 479. The molecule has 0 fully saturated rings. The van der Waals surface area contributed by atoms with Crippen molar-refractivity contribution >= 4 is 11.6 Å². The van der Waals surface area contributed by atoms with Crippen molar-refractivity contribution in [1.29, 1.82) is 0 Å². The Morgan fingerprint density at radius 2 is 2.10 bits per heavy atom. The summed E-state index contributed by atoms with van der Waals surface area (Å²) in [7, 11) is 2.10. The maximum atomic E-state index is 5.93.